The lowest BCUT2D eigenvalue weighted by Crippen LogP contribution is -2.40. The van der Waals surface area contributed by atoms with Crippen LogP contribution in [0.15, 0.2) is 59.6 Å². The molecule has 3 N–H and O–H groups in total. The van der Waals surface area contributed by atoms with Crippen LogP contribution in [0.5, 0.6) is 0 Å². The zero-order chi connectivity index (χ0) is 22.1. The first kappa shape index (κ1) is 22.7. The van der Waals surface area contributed by atoms with Gasteiger partial charge in [-0.25, -0.2) is 4.39 Å². The molecule has 0 aliphatic carbocycles. The molecule has 1 heterocycles. The molecule has 0 radical (unpaired) electrons. The van der Waals surface area contributed by atoms with Gasteiger partial charge in [0.25, 0.3) is 0 Å². The van der Waals surface area contributed by atoms with Crippen LogP contribution >= 0.6 is 0 Å². The number of nitrogens with one attached hydrogen (secondary N) is 2. The predicted octanol–water partition coefficient (Wildman–Crippen LogP) is 2.51. The smallest absolute Gasteiger partial charge is 0.223 e. The molecule has 3 rings (SSSR count). The van der Waals surface area contributed by atoms with Crippen LogP contribution in [0.3, 0.4) is 0 Å². The number of guanidine groups is 1. The summed E-state index contributed by atoms with van der Waals surface area (Å²) in [5.74, 6) is 0.669. The van der Waals surface area contributed by atoms with Crippen LogP contribution in [0, 0.1) is 11.7 Å². The van der Waals surface area contributed by atoms with Gasteiger partial charge in [0.05, 0.1) is 12.6 Å². The number of aliphatic hydroxyl groups excluding tert-OH is 1. The lowest BCUT2D eigenvalue weighted by molar-refractivity contribution is -0.127. The zero-order valence-electron chi connectivity index (χ0n) is 17.9. The van der Waals surface area contributed by atoms with Crippen molar-refractivity contribution in [2.75, 3.05) is 32.7 Å². The summed E-state index contributed by atoms with van der Waals surface area (Å²) in [6.07, 6.45) is 0.579. The maximum atomic E-state index is 13.0. The summed E-state index contributed by atoms with van der Waals surface area (Å²) in [6, 6.07) is 16.0. The Balaban J connectivity index is 1.47. The summed E-state index contributed by atoms with van der Waals surface area (Å²) in [4.78, 5) is 18.7. The maximum Gasteiger partial charge on any atom is 0.223 e. The number of benzene rings is 2. The highest BCUT2D eigenvalue weighted by atomic mass is 19.1. The average molecular weight is 427 g/mol. The Morgan fingerprint density at radius 2 is 1.94 bits per heavy atom. The van der Waals surface area contributed by atoms with Crippen molar-refractivity contribution in [2.45, 2.75) is 25.9 Å². The van der Waals surface area contributed by atoms with Crippen LogP contribution in [0.25, 0.3) is 0 Å². The molecule has 7 heteroatoms. The molecule has 2 unspecified atom stereocenters. The third-order valence-corrected chi connectivity index (χ3v) is 5.39. The van der Waals surface area contributed by atoms with Crippen LogP contribution < -0.4 is 10.6 Å². The van der Waals surface area contributed by atoms with Crippen molar-refractivity contribution in [2.24, 2.45) is 10.9 Å². The fraction of sp³-hybridized carbons (Fsp3) is 0.417. The van der Waals surface area contributed by atoms with E-state index in [1.165, 1.54) is 17.7 Å². The van der Waals surface area contributed by atoms with Gasteiger partial charge in [0.15, 0.2) is 5.96 Å². The third-order valence-electron chi connectivity index (χ3n) is 5.39. The molecule has 2 aromatic rings. The quantitative estimate of drug-likeness (QED) is 0.425. The van der Waals surface area contributed by atoms with E-state index in [0.717, 1.165) is 19.5 Å². The summed E-state index contributed by atoms with van der Waals surface area (Å²) in [7, 11) is 0. The minimum atomic E-state index is -0.808. The van der Waals surface area contributed by atoms with Crippen LogP contribution in [0.4, 0.5) is 4.39 Å². The molecule has 166 valence electrons. The highest BCUT2D eigenvalue weighted by Crippen LogP contribution is 2.18. The summed E-state index contributed by atoms with van der Waals surface area (Å²) in [5, 5.41) is 16.7. The number of rotatable bonds is 9. The number of aliphatic imine (C=N–C) groups is 1. The second kappa shape index (κ2) is 11.5. The van der Waals surface area contributed by atoms with E-state index in [-0.39, 0.29) is 24.2 Å². The van der Waals surface area contributed by atoms with Gasteiger partial charge >= 0.3 is 0 Å². The maximum absolute atomic E-state index is 13.0. The molecule has 1 amide bonds. The molecule has 1 aliphatic heterocycles. The Morgan fingerprint density at radius 3 is 2.65 bits per heavy atom. The molecule has 1 fully saturated rings. The second-order valence-corrected chi connectivity index (χ2v) is 7.81. The molecule has 0 aromatic heterocycles. The van der Waals surface area contributed by atoms with E-state index >= 15 is 0 Å². The van der Waals surface area contributed by atoms with E-state index in [1.807, 2.05) is 30.0 Å². The highest BCUT2D eigenvalue weighted by Gasteiger charge is 2.29. The van der Waals surface area contributed by atoms with Gasteiger partial charge in [-0.15, -0.1) is 0 Å². The van der Waals surface area contributed by atoms with Crippen LogP contribution in [0.2, 0.25) is 0 Å². The van der Waals surface area contributed by atoms with Gasteiger partial charge in [-0.3, -0.25) is 9.79 Å². The molecular weight excluding hydrogens is 395 g/mol. The van der Waals surface area contributed by atoms with Gasteiger partial charge in [-0.2, -0.15) is 0 Å². The van der Waals surface area contributed by atoms with Gasteiger partial charge in [-0.1, -0.05) is 42.5 Å². The number of aliphatic hydroxyl groups is 1. The van der Waals surface area contributed by atoms with Gasteiger partial charge in [0, 0.05) is 38.5 Å². The number of carbonyl (C=O) groups is 1. The van der Waals surface area contributed by atoms with Gasteiger partial charge < -0.3 is 20.6 Å². The minimum Gasteiger partial charge on any atom is -0.386 e. The molecular formula is C24H31FN4O2. The monoisotopic (exact) mass is 426 g/mol. The molecule has 0 saturated carbocycles. The van der Waals surface area contributed by atoms with Crippen LogP contribution in [0.1, 0.15) is 30.6 Å². The largest absolute Gasteiger partial charge is 0.386 e. The minimum absolute atomic E-state index is 0.160. The van der Waals surface area contributed by atoms with E-state index in [4.69, 9.17) is 0 Å². The number of likely N-dealkylation sites (tertiary alicyclic amines) is 1. The van der Waals surface area contributed by atoms with E-state index in [1.54, 1.807) is 12.1 Å². The summed E-state index contributed by atoms with van der Waals surface area (Å²) in [5.41, 5.74) is 1.86. The number of hydrogen-bond donors (Lipinski definition) is 3. The summed E-state index contributed by atoms with van der Waals surface area (Å²) in [6.45, 7) is 4.91. The lowest BCUT2D eigenvalue weighted by Gasteiger charge is -2.18. The number of amides is 1. The van der Waals surface area contributed by atoms with Gasteiger partial charge in [0.1, 0.15) is 5.82 Å². The zero-order valence-corrected chi connectivity index (χ0v) is 17.9. The predicted molar refractivity (Wildman–Crippen MR) is 120 cm³/mol. The molecule has 2 atom stereocenters. The molecule has 1 saturated heterocycles. The van der Waals surface area contributed by atoms with Gasteiger partial charge in [-0.05, 0) is 36.6 Å². The molecule has 31 heavy (non-hydrogen) atoms. The fourth-order valence-corrected chi connectivity index (χ4v) is 3.67. The SMILES string of the molecule is CCNC(=NCC(O)c1ccc(F)cc1)NCC1CC(=O)N(CCc2ccccc2)C1. The Hall–Kier alpha value is -2.93. The number of hydrogen-bond acceptors (Lipinski definition) is 3. The van der Waals surface area contributed by atoms with Crippen LogP contribution in [-0.4, -0.2) is 54.6 Å². The fourth-order valence-electron chi connectivity index (χ4n) is 3.67. The van der Waals surface area contributed by atoms with Crippen molar-refractivity contribution in [3.05, 3.63) is 71.5 Å². The van der Waals surface area contributed by atoms with E-state index in [2.05, 4.69) is 27.8 Å². The van der Waals surface area contributed by atoms with Crippen molar-refractivity contribution in [3.8, 4) is 0 Å². The first-order valence-corrected chi connectivity index (χ1v) is 10.8. The van der Waals surface area contributed by atoms with Crippen molar-refractivity contribution >= 4 is 11.9 Å². The Bertz CT molecular complexity index is 858. The Morgan fingerprint density at radius 1 is 1.19 bits per heavy atom. The first-order valence-electron chi connectivity index (χ1n) is 10.8. The van der Waals surface area contributed by atoms with E-state index < -0.39 is 6.10 Å². The number of carbonyl (C=O) groups excluding carboxylic acids is 1. The first-order chi connectivity index (χ1) is 15.0. The second-order valence-electron chi connectivity index (χ2n) is 7.81. The normalized spacial score (nSPS) is 17.6. The Kier molecular flexibility index (Phi) is 8.41. The molecule has 1 aliphatic rings. The highest BCUT2D eigenvalue weighted by molar-refractivity contribution is 5.81. The number of nitrogens with zero attached hydrogens (tertiary/aromatic N) is 2. The van der Waals surface area contributed by atoms with Gasteiger partial charge in [0.2, 0.25) is 5.91 Å². The average Bonchev–Trinajstić information content (AvgIpc) is 3.14. The van der Waals surface area contributed by atoms with Crippen LogP contribution in [-0.2, 0) is 11.2 Å². The standard InChI is InChI=1S/C24H31FN4O2/c1-2-26-24(28-16-22(30)20-8-10-21(25)11-9-20)27-15-19-14-23(31)29(17-19)13-12-18-6-4-3-5-7-18/h3-11,19,22,30H,2,12-17H2,1H3,(H2,26,27,28). The lowest BCUT2D eigenvalue weighted by atomic mass is 10.1. The van der Waals surface area contributed by atoms with Crippen molar-refractivity contribution < 1.29 is 14.3 Å². The number of halogens is 1. The molecule has 0 spiro atoms. The van der Waals surface area contributed by atoms with E-state index in [0.29, 0.717) is 31.0 Å². The Labute approximate surface area is 183 Å². The van der Waals surface area contributed by atoms with E-state index in [9.17, 15) is 14.3 Å². The molecule has 6 nitrogen and oxygen atoms in total. The molecule has 2 aromatic carbocycles. The topological polar surface area (TPSA) is 77.0 Å². The molecule has 0 bridgehead atoms. The van der Waals surface area contributed by atoms with Crippen molar-refractivity contribution in [1.29, 1.82) is 0 Å². The van der Waals surface area contributed by atoms with Crippen molar-refractivity contribution in [3.63, 3.8) is 0 Å². The van der Waals surface area contributed by atoms with Crippen molar-refractivity contribution in [1.82, 2.24) is 15.5 Å². The third kappa shape index (κ3) is 7.07. The summed E-state index contributed by atoms with van der Waals surface area (Å²) < 4.78 is 13.0. The summed E-state index contributed by atoms with van der Waals surface area (Å²) >= 11 is 0.